The van der Waals surface area contributed by atoms with Gasteiger partial charge >= 0.3 is 5.63 Å². The number of hydrogen-bond acceptors (Lipinski definition) is 4. The van der Waals surface area contributed by atoms with Crippen molar-refractivity contribution in [1.82, 2.24) is 0 Å². The van der Waals surface area contributed by atoms with Crippen molar-refractivity contribution in [3.63, 3.8) is 0 Å². The Morgan fingerprint density at radius 2 is 1.86 bits per heavy atom. The zero-order chi connectivity index (χ0) is 14.6. The van der Waals surface area contributed by atoms with Crippen molar-refractivity contribution in [3.05, 3.63) is 57.9 Å². The molecule has 0 saturated heterocycles. The molecule has 21 heavy (non-hydrogen) atoms. The number of phenols is 2. The van der Waals surface area contributed by atoms with E-state index in [9.17, 15) is 15.0 Å². The van der Waals surface area contributed by atoms with Gasteiger partial charge in [0.05, 0.1) is 5.39 Å². The molecule has 1 aromatic heterocycles. The van der Waals surface area contributed by atoms with Gasteiger partial charge in [-0.05, 0) is 24.0 Å². The van der Waals surface area contributed by atoms with E-state index in [1.54, 1.807) is 0 Å². The molecule has 1 aliphatic rings. The summed E-state index contributed by atoms with van der Waals surface area (Å²) in [4.78, 5) is 12.2. The van der Waals surface area contributed by atoms with Crippen LogP contribution in [0.2, 0.25) is 0 Å². The highest BCUT2D eigenvalue weighted by molar-refractivity contribution is 6.01. The number of aryl methyl sites for hydroxylation is 1. The summed E-state index contributed by atoms with van der Waals surface area (Å²) in [6, 6.07) is 10.5. The maximum atomic E-state index is 12.2. The average molecular weight is 280 g/mol. The molecular weight excluding hydrogens is 268 g/mol. The minimum Gasteiger partial charge on any atom is -0.508 e. The number of fused-ring (bicyclic) bond motifs is 5. The second-order valence-electron chi connectivity index (χ2n) is 5.24. The summed E-state index contributed by atoms with van der Waals surface area (Å²) in [7, 11) is 0. The highest BCUT2D eigenvalue weighted by Gasteiger charge is 2.24. The van der Waals surface area contributed by atoms with E-state index < -0.39 is 5.63 Å². The lowest BCUT2D eigenvalue weighted by Crippen LogP contribution is -2.15. The zero-order valence-corrected chi connectivity index (χ0v) is 11.1. The molecule has 104 valence electrons. The Balaban J connectivity index is 2.24. The first-order valence-corrected chi connectivity index (χ1v) is 6.75. The summed E-state index contributed by atoms with van der Waals surface area (Å²) in [5, 5.41) is 20.3. The first-order valence-electron chi connectivity index (χ1n) is 6.75. The number of aromatic hydroxyl groups is 2. The van der Waals surface area contributed by atoms with E-state index >= 15 is 0 Å². The quantitative estimate of drug-likeness (QED) is 0.621. The highest BCUT2D eigenvalue weighted by atomic mass is 16.4. The Bertz CT molecular complexity index is 937. The lowest BCUT2D eigenvalue weighted by atomic mass is 9.84. The van der Waals surface area contributed by atoms with Crippen LogP contribution in [0.5, 0.6) is 11.5 Å². The van der Waals surface area contributed by atoms with Crippen LogP contribution >= 0.6 is 0 Å². The normalized spacial score (nSPS) is 13.0. The third-order valence-electron chi connectivity index (χ3n) is 4.00. The van der Waals surface area contributed by atoms with Crippen molar-refractivity contribution >= 4 is 11.0 Å². The van der Waals surface area contributed by atoms with Gasteiger partial charge in [-0.2, -0.15) is 0 Å². The van der Waals surface area contributed by atoms with E-state index in [1.807, 2.05) is 24.3 Å². The monoisotopic (exact) mass is 280 g/mol. The molecule has 4 rings (SSSR count). The number of benzene rings is 2. The molecule has 0 fully saturated rings. The molecule has 3 aromatic rings. The molecule has 0 aliphatic heterocycles. The molecule has 4 heteroatoms. The van der Waals surface area contributed by atoms with Crippen LogP contribution in [0.15, 0.2) is 45.6 Å². The third-order valence-corrected chi connectivity index (χ3v) is 4.00. The molecule has 1 aliphatic carbocycles. The molecule has 0 atom stereocenters. The van der Waals surface area contributed by atoms with Gasteiger partial charge < -0.3 is 14.6 Å². The topological polar surface area (TPSA) is 70.7 Å². The lowest BCUT2D eigenvalue weighted by molar-refractivity contribution is 0.451. The lowest BCUT2D eigenvalue weighted by Gasteiger charge is -2.20. The summed E-state index contributed by atoms with van der Waals surface area (Å²) in [5.74, 6) is -0.214. The maximum absolute atomic E-state index is 12.2. The van der Waals surface area contributed by atoms with E-state index in [2.05, 4.69) is 0 Å². The van der Waals surface area contributed by atoms with Gasteiger partial charge in [0.15, 0.2) is 0 Å². The van der Waals surface area contributed by atoms with Crippen molar-refractivity contribution in [2.45, 2.75) is 12.8 Å². The molecule has 0 amide bonds. The molecule has 0 spiro atoms. The molecule has 2 aromatic carbocycles. The second kappa shape index (κ2) is 4.12. The molecule has 4 nitrogen and oxygen atoms in total. The molecule has 0 radical (unpaired) electrons. The predicted octanol–water partition coefficient (Wildman–Crippen LogP) is 2.97. The van der Waals surface area contributed by atoms with Crippen LogP contribution in [0.4, 0.5) is 0 Å². The van der Waals surface area contributed by atoms with Crippen LogP contribution in [-0.4, -0.2) is 10.2 Å². The number of phenolic OH excluding ortho intramolecular Hbond substituents is 2. The van der Waals surface area contributed by atoms with E-state index in [4.69, 9.17) is 4.42 Å². The summed E-state index contributed by atoms with van der Waals surface area (Å²) < 4.78 is 5.26. The molecule has 2 N–H and O–H groups in total. The van der Waals surface area contributed by atoms with E-state index in [-0.39, 0.29) is 17.1 Å². The van der Waals surface area contributed by atoms with E-state index in [1.165, 1.54) is 12.1 Å². The molecule has 1 heterocycles. The standard InChI is InChI=1S/C17H12O4/c18-10-7-13(19)16-14(8-10)21-17(20)12-6-5-9-3-1-2-4-11(9)15(12)16/h1-4,7-8,18-19H,5-6H2. The summed E-state index contributed by atoms with van der Waals surface area (Å²) in [6.45, 7) is 0. The molecule has 0 unspecified atom stereocenters. The largest absolute Gasteiger partial charge is 0.508 e. The summed E-state index contributed by atoms with van der Waals surface area (Å²) in [5.41, 5.74) is 3.19. The predicted molar refractivity (Wildman–Crippen MR) is 78.7 cm³/mol. The van der Waals surface area contributed by atoms with Crippen molar-refractivity contribution in [3.8, 4) is 22.6 Å². The van der Waals surface area contributed by atoms with Gasteiger partial charge in [0.1, 0.15) is 17.1 Å². The molecule has 0 saturated carbocycles. The Morgan fingerprint density at radius 1 is 1.05 bits per heavy atom. The fraction of sp³-hybridized carbons (Fsp3) is 0.118. The van der Waals surface area contributed by atoms with Gasteiger partial charge in [-0.15, -0.1) is 0 Å². The average Bonchev–Trinajstić information content (AvgIpc) is 2.46. The van der Waals surface area contributed by atoms with Gasteiger partial charge in [-0.1, -0.05) is 24.3 Å². The van der Waals surface area contributed by atoms with Crippen molar-refractivity contribution < 1.29 is 14.6 Å². The number of rotatable bonds is 0. The third kappa shape index (κ3) is 1.65. The molecule has 0 bridgehead atoms. The van der Waals surface area contributed by atoms with Gasteiger partial charge in [-0.25, -0.2) is 4.79 Å². The maximum Gasteiger partial charge on any atom is 0.340 e. The van der Waals surface area contributed by atoms with Crippen molar-refractivity contribution in [1.29, 1.82) is 0 Å². The van der Waals surface area contributed by atoms with Crippen LogP contribution in [-0.2, 0) is 12.8 Å². The van der Waals surface area contributed by atoms with Crippen LogP contribution in [0.1, 0.15) is 11.1 Å². The van der Waals surface area contributed by atoms with Crippen LogP contribution in [0.25, 0.3) is 22.1 Å². The first kappa shape index (κ1) is 12.0. The fourth-order valence-electron chi connectivity index (χ4n) is 3.10. The first-order chi connectivity index (χ1) is 10.1. The van der Waals surface area contributed by atoms with Crippen LogP contribution < -0.4 is 5.63 Å². The SMILES string of the molecule is O=c1oc2cc(O)cc(O)c2c2c1CCc1ccccc1-2. The Kier molecular flexibility index (Phi) is 2.36. The van der Waals surface area contributed by atoms with Gasteiger partial charge in [0.2, 0.25) is 0 Å². The van der Waals surface area contributed by atoms with Gasteiger partial charge in [0, 0.05) is 23.3 Å². The smallest absolute Gasteiger partial charge is 0.340 e. The minimum absolute atomic E-state index is 0.0818. The van der Waals surface area contributed by atoms with Crippen LogP contribution in [0, 0.1) is 0 Å². The van der Waals surface area contributed by atoms with E-state index in [0.717, 1.165) is 23.1 Å². The number of hydrogen-bond donors (Lipinski definition) is 2. The highest BCUT2D eigenvalue weighted by Crippen LogP contribution is 2.41. The van der Waals surface area contributed by atoms with Crippen LogP contribution in [0.3, 0.4) is 0 Å². The van der Waals surface area contributed by atoms with Crippen molar-refractivity contribution in [2.24, 2.45) is 0 Å². The molecular formula is C17H12O4. The summed E-state index contributed by atoms with van der Waals surface area (Å²) in [6.07, 6.45) is 1.36. The Hall–Kier alpha value is -2.75. The van der Waals surface area contributed by atoms with Crippen molar-refractivity contribution in [2.75, 3.05) is 0 Å². The zero-order valence-electron chi connectivity index (χ0n) is 11.1. The Labute approximate surface area is 119 Å². The fourth-order valence-corrected chi connectivity index (χ4v) is 3.10. The van der Waals surface area contributed by atoms with Gasteiger partial charge in [0.25, 0.3) is 0 Å². The van der Waals surface area contributed by atoms with Gasteiger partial charge in [-0.3, -0.25) is 0 Å². The minimum atomic E-state index is -0.406. The second-order valence-corrected chi connectivity index (χ2v) is 5.24. The Morgan fingerprint density at radius 3 is 2.71 bits per heavy atom. The summed E-state index contributed by atoms with van der Waals surface area (Å²) >= 11 is 0. The van der Waals surface area contributed by atoms with E-state index in [0.29, 0.717) is 17.4 Å².